The van der Waals surface area contributed by atoms with Crippen molar-refractivity contribution in [3.8, 4) is 0 Å². The summed E-state index contributed by atoms with van der Waals surface area (Å²) >= 11 is 0. The molecule has 0 aromatic heterocycles. The molecule has 0 fully saturated rings. The fourth-order valence-corrected chi connectivity index (χ4v) is 3.14. The van der Waals surface area contributed by atoms with Gasteiger partial charge in [-0.15, -0.1) is 0 Å². The van der Waals surface area contributed by atoms with E-state index >= 15 is 0 Å². The molecule has 0 N–H and O–H groups in total. The molecule has 0 heterocycles. The van der Waals surface area contributed by atoms with Crippen molar-refractivity contribution in [2.75, 3.05) is 0 Å². The van der Waals surface area contributed by atoms with Gasteiger partial charge in [-0.25, -0.2) is 0 Å². The molecule has 1 aromatic rings. The van der Waals surface area contributed by atoms with E-state index in [1.54, 1.807) is 11.1 Å². The average molecular weight is 230 g/mol. The SMILES string of the molecule is CCc1ccc2c(c1)CC[C@@H](CC(C)C)CC2. The van der Waals surface area contributed by atoms with Gasteiger partial charge in [0.15, 0.2) is 0 Å². The predicted molar refractivity (Wildman–Crippen MR) is 75.4 cm³/mol. The number of hydrogen-bond donors (Lipinski definition) is 0. The van der Waals surface area contributed by atoms with Gasteiger partial charge in [-0.3, -0.25) is 0 Å². The van der Waals surface area contributed by atoms with Gasteiger partial charge in [0.25, 0.3) is 0 Å². The summed E-state index contributed by atoms with van der Waals surface area (Å²) in [4.78, 5) is 0. The van der Waals surface area contributed by atoms with E-state index in [1.165, 1.54) is 44.1 Å². The zero-order chi connectivity index (χ0) is 12.3. The van der Waals surface area contributed by atoms with Gasteiger partial charge in [0.05, 0.1) is 0 Å². The summed E-state index contributed by atoms with van der Waals surface area (Å²) in [5.74, 6) is 1.81. The Balaban J connectivity index is 2.07. The molecule has 0 radical (unpaired) electrons. The van der Waals surface area contributed by atoms with Gasteiger partial charge in [0, 0.05) is 0 Å². The molecule has 0 spiro atoms. The van der Waals surface area contributed by atoms with Gasteiger partial charge in [-0.05, 0) is 67.1 Å². The van der Waals surface area contributed by atoms with Crippen molar-refractivity contribution >= 4 is 0 Å². The summed E-state index contributed by atoms with van der Waals surface area (Å²) in [6, 6.07) is 7.15. The highest BCUT2D eigenvalue weighted by Crippen LogP contribution is 2.29. The highest BCUT2D eigenvalue weighted by Gasteiger charge is 2.17. The Morgan fingerprint density at radius 3 is 2.47 bits per heavy atom. The van der Waals surface area contributed by atoms with Crippen LogP contribution in [-0.4, -0.2) is 0 Å². The van der Waals surface area contributed by atoms with Crippen LogP contribution in [-0.2, 0) is 19.3 Å². The van der Waals surface area contributed by atoms with E-state index < -0.39 is 0 Å². The minimum Gasteiger partial charge on any atom is -0.0628 e. The Labute approximate surface area is 106 Å². The Bertz CT molecular complexity index is 362. The van der Waals surface area contributed by atoms with Crippen molar-refractivity contribution < 1.29 is 0 Å². The van der Waals surface area contributed by atoms with Crippen molar-refractivity contribution in [1.82, 2.24) is 0 Å². The fourth-order valence-electron chi connectivity index (χ4n) is 3.14. The van der Waals surface area contributed by atoms with Crippen LogP contribution in [0.1, 0.15) is 56.7 Å². The minimum atomic E-state index is 0.854. The van der Waals surface area contributed by atoms with Gasteiger partial charge in [0.2, 0.25) is 0 Å². The Hall–Kier alpha value is -0.780. The molecule has 0 saturated carbocycles. The topological polar surface area (TPSA) is 0 Å². The average Bonchev–Trinajstić information content (AvgIpc) is 2.51. The zero-order valence-electron chi connectivity index (χ0n) is 11.6. The normalized spacial score (nSPS) is 20.1. The second kappa shape index (κ2) is 5.71. The van der Waals surface area contributed by atoms with Crippen LogP contribution in [0.3, 0.4) is 0 Å². The van der Waals surface area contributed by atoms with Crippen LogP contribution in [0.15, 0.2) is 18.2 Å². The van der Waals surface area contributed by atoms with Gasteiger partial charge in [-0.1, -0.05) is 39.0 Å². The lowest BCUT2D eigenvalue weighted by atomic mass is 9.90. The second-order valence-corrected chi connectivity index (χ2v) is 6.03. The highest BCUT2D eigenvalue weighted by atomic mass is 14.2. The van der Waals surface area contributed by atoms with Gasteiger partial charge in [0.1, 0.15) is 0 Å². The van der Waals surface area contributed by atoms with Crippen molar-refractivity contribution in [1.29, 1.82) is 0 Å². The molecular formula is C17H26. The first-order chi connectivity index (χ1) is 8.19. The summed E-state index contributed by atoms with van der Waals surface area (Å²) in [6.45, 7) is 6.96. The second-order valence-electron chi connectivity index (χ2n) is 6.03. The Morgan fingerprint density at radius 1 is 1.12 bits per heavy atom. The molecule has 0 aliphatic heterocycles. The summed E-state index contributed by atoms with van der Waals surface area (Å²) in [5.41, 5.74) is 4.76. The Morgan fingerprint density at radius 2 is 1.82 bits per heavy atom. The third-order valence-corrected chi connectivity index (χ3v) is 4.13. The largest absolute Gasteiger partial charge is 0.0628 e. The van der Waals surface area contributed by atoms with Crippen LogP contribution in [0.4, 0.5) is 0 Å². The molecule has 0 bridgehead atoms. The highest BCUT2D eigenvalue weighted by molar-refractivity contribution is 5.33. The molecule has 0 heteroatoms. The van der Waals surface area contributed by atoms with E-state index in [-0.39, 0.29) is 0 Å². The number of aryl methyl sites for hydroxylation is 3. The summed E-state index contributed by atoms with van der Waals surface area (Å²) in [6.07, 6.45) is 7.99. The molecule has 1 aromatic carbocycles. The monoisotopic (exact) mass is 230 g/mol. The summed E-state index contributed by atoms with van der Waals surface area (Å²) in [7, 11) is 0. The number of benzene rings is 1. The van der Waals surface area contributed by atoms with Crippen LogP contribution >= 0.6 is 0 Å². The van der Waals surface area contributed by atoms with Crippen molar-refractivity contribution in [2.45, 2.75) is 59.3 Å². The lowest BCUT2D eigenvalue weighted by Crippen LogP contribution is -2.04. The molecule has 1 atom stereocenters. The molecule has 0 nitrogen and oxygen atoms in total. The van der Waals surface area contributed by atoms with Crippen molar-refractivity contribution in [3.05, 3.63) is 34.9 Å². The number of fused-ring (bicyclic) bond motifs is 1. The minimum absolute atomic E-state index is 0.854. The van der Waals surface area contributed by atoms with Crippen molar-refractivity contribution in [2.24, 2.45) is 11.8 Å². The van der Waals surface area contributed by atoms with Crippen LogP contribution in [0.5, 0.6) is 0 Å². The van der Waals surface area contributed by atoms with E-state index in [0.29, 0.717) is 0 Å². The maximum absolute atomic E-state index is 2.45. The lowest BCUT2D eigenvalue weighted by Gasteiger charge is -2.15. The first-order valence-corrected chi connectivity index (χ1v) is 7.29. The lowest BCUT2D eigenvalue weighted by molar-refractivity contribution is 0.372. The smallest absolute Gasteiger partial charge is 0.0273 e. The van der Waals surface area contributed by atoms with E-state index in [9.17, 15) is 0 Å². The van der Waals surface area contributed by atoms with E-state index in [0.717, 1.165) is 11.8 Å². The number of rotatable bonds is 3. The van der Waals surface area contributed by atoms with Gasteiger partial charge >= 0.3 is 0 Å². The molecular weight excluding hydrogens is 204 g/mol. The van der Waals surface area contributed by atoms with Crippen LogP contribution < -0.4 is 0 Å². The van der Waals surface area contributed by atoms with Crippen LogP contribution in [0.2, 0.25) is 0 Å². The number of hydrogen-bond acceptors (Lipinski definition) is 0. The summed E-state index contributed by atoms with van der Waals surface area (Å²) < 4.78 is 0. The molecule has 0 unspecified atom stereocenters. The standard InChI is InChI=1S/C17H26/c1-4-14-5-8-16-9-6-15(11-13(2)3)7-10-17(16)12-14/h5,8,12-13,15H,4,6-7,9-11H2,1-3H3/t15-/m0/s1. The fraction of sp³-hybridized carbons (Fsp3) is 0.647. The maximum Gasteiger partial charge on any atom is -0.0273 e. The molecule has 0 saturated heterocycles. The zero-order valence-corrected chi connectivity index (χ0v) is 11.6. The van der Waals surface area contributed by atoms with Crippen molar-refractivity contribution in [3.63, 3.8) is 0 Å². The molecule has 1 aliphatic carbocycles. The van der Waals surface area contributed by atoms with Crippen LogP contribution in [0.25, 0.3) is 0 Å². The third kappa shape index (κ3) is 3.34. The third-order valence-electron chi connectivity index (χ3n) is 4.13. The molecule has 1 aliphatic rings. The quantitative estimate of drug-likeness (QED) is 0.655. The van der Waals surface area contributed by atoms with E-state index in [1.807, 2.05) is 0 Å². The first-order valence-electron chi connectivity index (χ1n) is 7.29. The van der Waals surface area contributed by atoms with Crippen LogP contribution in [0, 0.1) is 11.8 Å². The summed E-state index contributed by atoms with van der Waals surface area (Å²) in [5, 5.41) is 0. The van der Waals surface area contributed by atoms with E-state index in [2.05, 4.69) is 39.0 Å². The first kappa shape index (κ1) is 12.7. The maximum atomic E-state index is 2.45. The molecule has 17 heavy (non-hydrogen) atoms. The van der Waals surface area contributed by atoms with E-state index in [4.69, 9.17) is 0 Å². The molecule has 0 amide bonds. The Kier molecular flexibility index (Phi) is 4.25. The predicted octanol–water partition coefficient (Wildman–Crippen LogP) is 4.79. The van der Waals surface area contributed by atoms with Gasteiger partial charge < -0.3 is 0 Å². The molecule has 2 rings (SSSR count). The molecule has 94 valence electrons. The van der Waals surface area contributed by atoms with Gasteiger partial charge in [-0.2, -0.15) is 0 Å².